The van der Waals surface area contributed by atoms with E-state index in [0.717, 1.165) is 40.9 Å². The molecule has 3 aromatic rings. The molecular weight excluding hydrogens is 388 g/mol. The molecule has 1 N–H and O–H groups in total. The number of benzene rings is 2. The van der Waals surface area contributed by atoms with E-state index in [1.165, 1.54) is 24.8 Å². The lowest BCUT2D eigenvalue weighted by atomic mass is 10.1. The second-order valence-corrected chi connectivity index (χ2v) is 8.69. The molecule has 164 valence electrons. The van der Waals surface area contributed by atoms with Crippen LogP contribution in [-0.4, -0.2) is 52.7 Å². The van der Waals surface area contributed by atoms with Gasteiger partial charge in [0.2, 0.25) is 0 Å². The fraction of sp³-hybridized carbons (Fsp3) is 0.423. The Morgan fingerprint density at radius 2 is 1.77 bits per heavy atom. The zero-order valence-corrected chi connectivity index (χ0v) is 18.7. The van der Waals surface area contributed by atoms with Gasteiger partial charge in [-0.1, -0.05) is 24.1 Å². The van der Waals surface area contributed by atoms with Gasteiger partial charge >= 0.3 is 0 Å². The number of carbonyl (C=O) groups excluding carboxylic acids is 1. The number of nitrogens with zero attached hydrogens (tertiary/aromatic N) is 2. The van der Waals surface area contributed by atoms with Crippen molar-refractivity contribution in [1.29, 1.82) is 0 Å². The van der Waals surface area contributed by atoms with Crippen molar-refractivity contribution in [2.24, 2.45) is 0 Å². The smallest absolute Gasteiger partial charge is 0.162 e. The van der Waals surface area contributed by atoms with Crippen molar-refractivity contribution in [2.45, 2.75) is 46.1 Å². The number of β-amino-alcohol motifs (C(OH)–C–C–N with tert-alkyl or cyclic N) is 1. The second-order valence-electron chi connectivity index (χ2n) is 8.69. The molecule has 0 aliphatic carbocycles. The van der Waals surface area contributed by atoms with Gasteiger partial charge in [0, 0.05) is 28.9 Å². The summed E-state index contributed by atoms with van der Waals surface area (Å²) in [6.45, 7) is 8.65. The lowest BCUT2D eigenvalue weighted by Gasteiger charge is -2.28. The van der Waals surface area contributed by atoms with Crippen LogP contribution in [0.15, 0.2) is 42.5 Å². The highest BCUT2D eigenvalue weighted by Gasteiger charge is 2.20. The summed E-state index contributed by atoms with van der Waals surface area (Å²) in [5, 5.41) is 11.3. The summed E-state index contributed by atoms with van der Waals surface area (Å²) in [7, 11) is 0. The number of ketones is 1. The van der Waals surface area contributed by atoms with Crippen LogP contribution in [0.4, 0.5) is 0 Å². The van der Waals surface area contributed by atoms with Crippen molar-refractivity contribution in [3.05, 3.63) is 59.3 Å². The lowest BCUT2D eigenvalue weighted by molar-refractivity contribution is 0.0617. The molecule has 1 atom stereocenters. The van der Waals surface area contributed by atoms with E-state index in [9.17, 15) is 9.90 Å². The summed E-state index contributed by atoms with van der Waals surface area (Å²) in [4.78, 5) is 14.8. The lowest BCUT2D eigenvalue weighted by Crippen LogP contribution is -2.38. The van der Waals surface area contributed by atoms with Crippen LogP contribution in [-0.2, 0) is 0 Å². The molecule has 5 heteroatoms. The number of aliphatic hydroxyl groups is 1. The standard InChI is InChI=1S/C26H32N2O3/c1-18-7-9-21(10-8-18)28-19(2)26(20(3)29)24-15-23(11-12-25(24)28)31-17-22(30)16-27-13-5-4-6-14-27/h7-12,15,22,30H,4-6,13-14,16-17H2,1-3H3/t22-/m1/s1. The predicted octanol–water partition coefficient (Wildman–Crippen LogP) is 4.68. The van der Waals surface area contributed by atoms with Gasteiger partial charge in [-0.2, -0.15) is 0 Å². The molecule has 1 aliphatic heterocycles. The highest BCUT2D eigenvalue weighted by Crippen LogP contribution is 2.32. The molecule has 5 nitrogen and oxygen atoms in total. The van der Waals surface area contributed by atoms with Gasteiger partial charge < -0.3 is 19.3 Å². The first-order valence-electron chi connectivity index (χ1n) is 11.2. The van der Waals surface area contributed by atoms with Gasteiger partial charge in [-0.05, 0) is 77.0 Å². The number of piperidine rings is 1. The number of hydrogen-bond donors (Lipinski definition) is 1. The number of Topliss-reactive ketones (excluding diaryl/α,β-unsaturated/α-hetero) is 1. The normalized spacial score (nSPS) is 15.9. The third kappa shape index (κ3) is 4.68. The van der Waals surface area contributed by atoms with Gasteiger partial charge in [-0.25, -0.2) is 0 Å². The molecule has 0 radical (unpaired) electrons. The van der Waals surface area contributed by atoms with Gasteiger partial charge in [0.25, 0.3) is 0 Å². The number of rotatable bonds is 7. The van der Waals surface area contributed by atoms with E-state index in [1.807, 2.05) is 25.1 Å². The van der Waals surface area contributed by atoms with Crippen molar-refractivity contribution in [3.8, 4) is 11.4 Å². The Hall–Kier alpha value is -2.63. The predicted molar refractivity (Wildman–Crippen MR) is 125 cm³/mol. The van der Waals surface area contributed by atoms with E-state index in [2.05, 4.69) is 40.7 Å². The third-order valence-corrected chi connectivity index (χ3v) is 6.18. The maximum atomic E-state index is 12.5. The minimum absolute atomic E-state index is 0.0376. The zero-order chi connectivity index (χ0) is 22.0. The van der Waals surface area contributed by atoms with Crippen molar-refractivity contribution in [2.75, 3.05) is 26.2 Å². The number of likely N-dealkylation sites (tertiary alicyclic amines) is 1. The number of ether oxygens (including phenoxy) is 1. The van der Waals surface area contributed by atoms with E-state index in [4.69, 9.17) is 4.74 Å². The van der Waals surface area contributed by atoms with Gasteiger partial charge in [-0.3, -0.25) is 4.79 Å². The van der Waals surface area contributed by atoms with Crippen LogP contribution in [0.2, 0.25) is 0 Å². The van der Waals surface area contributed by atoms with E-state index in [-0.39, 0.29) is 12.4 Å². The number of fused-ring (bicyclic) bond motifs is 1. The van der Waals surface area contributed by atoms with Crippen LogP contribution < -0.4 is 4.74 Å². The van der Waals surface area contributed by atoms with Crippen LogP contribution in [0, 0.1) is 13.8 Å². The largest absolute Gasteiger partial charge is 0.491 e. The van der Waals surface area contributed by atoms with Gasteiger partial charge in [0.15, 0.2) is 5.78 Å². The first-order valence-corrected chi connectivity index (χ1v) is 11.2. The molecule has 0 spiro atoms. The van der Waals surface area contributed by atoms with E-state index >= 15 is 0 Å². The topological polar surface area (TPSA) is 54.7 Å². The van der Waals surface area contributed by atoms with Gasteiger partial charge in [0.05, 0.1) is 5.52 Å². The Balaban J connectivity index is 1.58. The molecule has 4 rings (SSSR count). The molecule has 1 fully saturated rings. The van der Waals surface area contributed by atoms with Crippen LogP contribution in [0.3, 0.4) is 0 Å². The summed E-state index contributed by atoms with van der Waals surface area (Å²) in [6.07, 6.45) is 3.16. The highest BCUT2D eigenvalue weighted by molar-refractivity contribution is 6.09. The number of aromatic nitrogens is 1. The molecule has 2 heterocycles. The number of aliphatic hydroxyl groups excluding tert-OH is 1. The summed E-state index contributed by atoms with van der Waals surface area (Å²) in [6, 6.07) is 14.2. The molecular formula is C26H32N2O3. The molecule has 1 aliphatic rings. The van der Waals surface area contributed by atoms with E-state index in [1.54, 1.807) is 6.92 Å². The SMILES string of the molecule is CC(=O)c1c(C)n(-c2ccc(C)cc2)c2ccc(OC[C@H](O)CN3CCCCC3)cc12. The minimum atomic E-state index is -0.528. The summed E-state index contributed by atoms with van der Waals surface area (Å²) < 4.78 is 8.05. The Kier molecular flexibility index (Phi) is 6.44. The highest BCUT2D eigenvalue weighted by atomic mass is 16.5. The molecule has 0 bridgehead atoms. The van der Waals surface area contributed by atoms with Crippen LogP contribution >= 0.6 is 0 Å². The maximum Gasteiger partial charge on any atom is 0.162 e. The van der Waals surface area contributed by atoms with E-state index < -0.39 is 6.10 Å². The molecule has 0 unspecified atom stereocenters. The third-order valence-electron chi connectivity index (χ3n) is 6.18. The van der Waals surface area contributed by atoms with Crippen molar-refractivity contribution < 1.29 is 14.6 Å². The Morgan fingerprint density at radius 1 is 1.06 bits per heavy atom. The summed E-state index contributed by atoms with van der Waals surface area (Å²) in [5.41, 5.74) is 4.85. The first-order chi connectivity index (χ1) is 14.9. The quantitative estimate of drug-likeness (QED) is 0.564. The Bertz CT molecular complexity index is 1060. The molecule has 31 heavy (non-hydrogen) atoms. The Labute approximate surface area is 184 Å². The van der Waals surface area contributed by atoms with Gasteiger partial charge in [0.1, 0.15) is 18.5 Å². The van der Waals surface area contributed by atoms with Crippen LogP contribution in [0.5, 0.6) is 5.75 Å². The molecule has 2 aromatic carbocycles. The fourth-order valence-electron chi connectivity index (χ4n) is 4.64. The van der Waals surface area contributed by atoms with E-state index in [0.29, 0.717) is 12.3 Å². The van der Waals surface area contributed by atoms with Crippen molar-refractivity contribution in [3.63, 3.8) is 0 Å². The first kappa shape index (κ1) is 21.6. The number of hydrogen-bond acceptors (Lipinski definition) is 4. The zero-order valence-electron chi connectivity index (χ0n) is 18.7. The molecule has 0 amide bonds. The monoisotopic (exact) mass is 420 g/mol. The minimum Gasteiger partial charge on any atom is -0.491 e. The average molecular weight is 421 g/mol. The van der Waals surface area contributed by atoms with Crippen molar-refractivity contribution in [1.82, 2.24) is 9.47 Å². The van der Waals surface area contributed by atoms with Crippen molar-refractivity contribution >= 4 is 16.7 Å². The summed E-state index contributed by atoms with van der Waals surface area (Å²) in [5.74, 6) is 0.712. The molecule has 1 saturated heterocycles. The second kappa shape index (κ2) is 9.25. The molecule has 0 saturated carbocycles. The average Bonchev–Trinajstić information content (AvgIpc) is 3.05. The van der Waals surface area contributed by atoms with Gasteiger partial charge in [-0.15, -0.1) is 0 Å². The number of carbonyl (C=O) groups is 1. The maximum absolute atomic E-state index is 12.5. The number of aryl methyl sites for hydroxylation is 1. The van der Waals surface area contributed by atoms with Crippen LogP contribution in [0.1, 0.15) is 47.8 Å². The van der Waals surface area contributed by atoms with Crippen LogP contribution in [0.25, 0.3) is 16.6 Å². The summed E-state index contributed by atoms with van der Waals surface area (Å²) >= 11 is 0. The Morgan fingerprint density at radius 3 is 2.45 bits per heavy atom. The fourth-order valence-corrected chi connectivity index (χ4v) is 4.64. The molecule has 1 aromatic heterocycles.